The van der Waals surface area contributed by atoms with Crippen LogP contribution in [0, 0.1) is 3.57 Å². The van der Waals surface area contributed by atoms with E-state index < -0.39 is 43.1 Å². The van der Waals surface area contributed by atoms with Gasteiger partial charge in [-0.05, 0) is 40.8 Å². The second-order valence-corrected chi connectivity index (χ2v) is 5.70. The van der Waals surface area contributed by atoms with Crippen molar-refractivity contribution in [2.75, 3.05) is 13.2 Å². The van der Waals surface area contributed by atoms with E-state index in [1.165, 1.54) is 18.2 Å². The highest BCUT2D eigenvalue weighted by molar-refractivity contribution is 14.1. The van der Waals surface area contributed by atoms with Gasteiger partial charge in [0.25, 0.3) is 0 Å². The molecule has 140 valence electrons. The molecule has 0 fully saturated rings. The molecule has 0 N–H and O–H groups in total. The maximum absolute atomic E-state index is 12.3. The average molecular weight is 485 g/mol. The van der Waals surface area contributed by atoms with E-state index >= 15 is 0 Å². The van der Waals surface area contributed by atoms with E-state index in [-0.39, 0.29) is 5.56 Å². The molecule has 1 rings (SSSR count). The number of alkyl halides is 6. The van der Waals surface area contributed by atoms with E-state index in [4.69, 9.17) is 0 Å². The number of esters is 2. The highest BCUT2D eigenvalue weighted by Crippen LogP contribution is 2.41. The number of carbonyl (C=O) groups is 2. The molecule has 1 aromatic rings. The van der Waals surface area contributed by atoms with Crippen LogP contribution >= 0.6 is 22.6 Å². The highest BCUT2D eigenvalue weighted by atomic mass is 127. The van der Waals surface area contributed by atoms with Gasteiger partial charge in [0.2, 0.25) is 0 Å². The Morgan fingerprint density at radius 3 is 2.00 bits per heavy atom. The van der Waals surface area contributed by atoms with Crippen LogP contribution in [0.25, 0.3) is 0 Å². The number of carbonyl (C=O) groups excluding carboxylic acids is 2. The van der Waals surface area contributed by atoms with Crippen LogP contribution in [0.15, 0.2) is 24.3 Å². The largest absolute Gasteiger partial charge is 0.828 e. The van der Waals surface area contributed by atoms with Crippen molar-refractivity contribution < 1.29 is 50.5 Å². The fourth-order valence-electron chi connectivity index (χ4n) is 1.46. The lowest BCUT2D eigenvalue weighted by Crippen LogP contribution is -2.71. The zero-order chi connectivity index (χ0) is 19.5. The first-order chi connectivity index (χ1) is 11.3. The minimum atomic E-state index is -6.44. The number of hydrogen-bond acceptors (Lipinski definition) is 5. The van der Waals surface area contributed by atoms with Crippen LogP contribution in [0.5, 0.6) is 0 Å². The Labute approximate surface area is 150 Å². The van der Waals surface area contributed by atoms with Crippen molar-refractivity contribution in [3.63, 3.8) is 0 Å². The molecule has 0 atom stereocenters. The number of hydrogen-bond donors (Lipinski definition) is 0. The Hall–Kier alpha value is -1.57. The quantitative estimate of drug-likeness (QED) is 0.277. The van der Waals surface area contributed by atoms with Crippen molar-refractivity contribution in [2.45, 2.75) is 18.0 Å². The summed E-state index contributed by atoms with van der Waals surface area (Å²) in [7, 11) is 0. The molecule has 0 aliphatic carbocycles. The SMILES string of the molecule is O=C(OCCOC(=O)C([O-])(C(F)(F)F)C(F)(F)F)c1cccc(I)c1. The first-order valence-corrected chi connectivity index (χ1v) is 7.32. The van der Waals surface area contributed by atoms with E-state index in [9.17, 15) is 41.0 Å². The first-order valence-electron chi connectivity index (χ1n) is 6.24. The molecule has 25 heavy (non-hydrogen) atoms. The standard InChI is InChI=1S/C13H8F6IO5/c14-12(15,16)11(23,13(17,18)19)10(22)25-5-4-24-9(21)7-2-1-3-8(20)6-7/h1-3,6H,4-5H2/q-1. The molecule has 0 unspecified atom stereocenters. The molecule has 0 aromatic heterocycles. The highest BCUT2D eigenvalue weighted by Gasteiger charge is 2.68. The minimum absolute atomic E-state index is 0.0713. The van der Waals surface area contributed by atoms with Gasteiger partial charge in [-0.1, -0.05) is 6.07 Å². The van der Waals surface area contributed by atoms with E-state index in [0.29, 0.717) is 3.57 Å². The van der Waals surface area contributed by atoms with Crippen LogP contribution in [0.3, 0.4) is 0 Å². The fourth-order valence-corrected chi connectivity index (χ4v) is 2.00. The third-order valence-electron chi connectivity index (χ3n) is 2.70. The van der Waals surface area contributed by atoms with Gasteiger partial charge in [0.05, 0.1) is 5.56 Å². The van der Waals surface area contributed by atoms with Crippen molar-refractivity contribution in [3.8, 4) is 0 Å². The second kappa shape index (κ2) is 7.76. The summed E-state index contributed by atoms with van der Waals surface area (Å²) < 4.78 is 82.9. The van der Waals surface area contributed by atoms with Crippen molar-refractivity contribution in [2.24, 2.45) is 0 Å². The average Bonchev–Trinajstić information content (AvgIpc) is 2.47. The van der Waals surface area contributed by atoms with Crippen LogP contribution in [0.2, 0.25) is 0 Å². The Morgan fingerprint density at radius 1 is 1.00 bits per heavy atom. The predicted molar refractivity (Wildman–Crippen MR) is 75.2 cm³/mol. The number of rotatable bonds is 5. The molecule has 12 heteroatoms. The van der Waals surface area contributed by atoms with Crippen LogP contribution < -0.4 is 5.11 Å². The van der Waals surface area contributed by atoms with Gasteiger partial charge < -0.3 is 14.6 Å². The Kier molecular flexibility index (Phi) is 6.67. The molecule has 5 nitrogen and oxygen atoms in total. The molecule has 0 amide bonds. The van der Waals surface area contributed by atoms with E-state index in [2.05, 4.69) is 9.47 Å². The molecule has 0 saturated carbocycles. The topological polar surface area (TPSA) is 75.7 Å². The maximum atomic E-state index is 12.3. The Bertz CT molecular complexity index is 629. The summed E-state index contributed by atoms with van der Waals surface area (Å²) in [6.07, 6.45) is -12.9. The van der Waals surface area contributed by atoms with Gasteiger partial charge in [-0.3, -0.25) is 4.79 Å². The number of halogens is 7. The molecule has 0 bridgehead atoms. The third kappa shape index (κ3) is 4.96. The van der Waals surface area contributed by atoms with Crippen molar-refractivity contribution in [1.29, 1.82) is 0 Å². The normalized spacial score (nSPS) is 12.6. The summed E-state index contributed by atoms with van der Waals surface area (Å²) in [6, 6.07) is 5.93. The van der Waals surface area contributed by atoms with Crippen LogP contribution in [-0.2, 0) is 14.3 Å². The van der Waals surface area contributed by atoms with Gasteiger partial charge in [0.1, 0.15) is 13.2 Å². The lowest BCUT2D eigenvalue weighted by Gasteiger charge is -2.40. The van der Waals surface area contributed by atoms with E-state index in [0.717, 1.165) is 0 Å². The lowest BCUT2D eigenvalue weighted by molar-refractivity contribution is -0.574. The third-order valence-corrected chi connectivity index (χ3v) is 3.37. The summed E-state index contributed by atoms with van der Waals surface area (Å²) in [5, 5.41) is 11.0. The summed E-state index contributed by atoms with van der Waals surface area (Å²) in [4.78, 5) is 22.6. The van der Waals surface area contributed by atoms with Gasteiger partial charge in [0, 0.05) is 3.57 Å². The zero-order valence-corrected chi connectivity index (χ0v) is 14.1. The van der Waals surface area contributed by atoms with Gasteiger partial charge in [-0.25, -0.2) is 4.79 Å². The lowest BCUT2D eigenvalue weighted by atomic mass is 10.0. The van der Waals surface area contributed by atoms with Gasteiger partial charge in [-0.15, -0.1) is 0 Å². The molecular formula is C13H8F6IO5-. The zero-order valence-electron chi connectivity index (χ0n) is 11.9. The summed E-state index contributed by atoms with van der Waals surface area (Å²) in [5.41, 5.74) is -5.85. The molecule has 0 heterocycles. The monoisotopic (exact) mass is 485 g/mol. The molecule has 0 radical (unpaired) electrons. The molecule has 0 spiro atoms. The minimum Gasteiger partial charge on any atom is -0.828 e. The molecule has 1 aromatic carbocycles. The molecular weight excluding hydrogens is 477 g/mol. The Balaban J connectivity index is 2.63. The van der Waals surface area contributed by atoms with Gasteiger partial charge in [-0.2, -0.15) is 26.3 Å². The van der Waals surface area contributed by atoms with E-state index in [1.54, 1.807) is 6.07 Å². The number of ether oxygens (including phenoxy) is 2. The van der Waals surface area contributed by atoms with Gasteiger partial charge in [0.15, 0.2) is 5.60 Å². The van der Waals surface area contributed by atoms with E-state index in [1.807, 2.05) is 22.6 Å². The molecule has 0 aliphatic heterocycles. The van der Waals surface area contributed by atoms with Crippen LogP contribution in [0.1, 0.15) is 10.4 Å². The fraction of sp³-hybridized carbons (Fsp3) is 0.385. The second-order valence-electron chi connectivity index (χ2n) is 4.46. The Morgan fingerprint density at radius 2 is 1.52 bits per heavy atom. The smallest absolute Gasteiger partial charge is 0.399 e. The molecule has 0 aliphatic rings. The summed E-state index contributed by atoms with van der Waals surface area (Å²) >= 11 is 1.89. The first kappa shape index (κ1) is 21.5. The van der Waals surface area contributed by atoms with Crippen LogP contribution in [0.4, 0.5) is 26.3 Å². The van der Waals surface area contributed by atoms with Gasteiger partial charge >= 0.3 is 24.3 Å². The summed E-state index contributed by atoms with van der Waals surface area (Å²) in [6.45, 7) is -1.98. The van der Waals surface area contributed by atoms with Crippen molar-refractivity contribution in [1.82, 2.24) is 0 Å². The van der Waals surface area contributed by atoms with Crippen molar-refractivity contribution >= 4 is 34.5 Å². The van der Waals surface area contributed by atoms with Crippen molar-refractivity contribution in [3.05, 3.63) is 33.4 Å². The van der Waals surface area contributed by atoms with Crippen LogP contribution in [-0.4, -0.2) is 43.1 Å². The maximum Gasteiger partial charge on any atom is 0.399 e. The predicted octanol–water partition coefficient (Wildman–Crippen LogP) is 2.21. The summed E-state index contributed by atoms with van der Waals surface area (Å²) in [5.74, 6) is -4.01. The molecule has 0 saturated heterocycles. The number of benzene rings is 1.